The second-order valence-corrected chi connectivity index (χ2v) is 8.45. The van der Waals surface area contributed by atoms with Crippen LogP contribution in [-0.2, 0) is 0 Å². The van der Waals surface area contributed by atoms with E-state index in [1.54, 1.807) is 0 Å². The summed E-state index contributed by atoms with van der Waals surface area (Å²) in [6.45, 7) is 12.0. The average molecular weight is 361 g/mol. The molecule has 2 atom stereocenters. The van der Waals surface area contributed by atoms with Crippen LogP contribution in [0.3, 0.4) is 0 Å². The van der Waals surface area contributed by atoms with Crippen molar-refractivity contribution in [2.45, 2.75) is 39.8 Å². The summed E-state index contributed by atoms with van der Waals surface area (Å²) in [4.78, 5) is 9.37. The molecule has 0 aliphatic carbocycles. The van der Waals surface area contributed by atoms with Gasteiger partial charge in [0.1, 0.15) is 0 Å². The van der Waals surface area contributed by atoms with Crippen molar-refractivity contribution in [3.05, 3.63) is 24.3 Å². The van der Waals surface area contributed by atoms with Gasteiger partial charge in [-0.2, -0.15) is 0 Å². The van der Waals surface area contributed by atoms with Crippen LogP contribution in [0.25, 0.3) is 0 Å². The zero-order chi connectivity index (χ0) is 19.3. The molecule has 0 amide bonds. The predicted molar refractivity (Wildman–Crippen MR) is 113 cm³/mol. The summed E-state index contributed by atoms with van der Waals surface area (Å²) in [7, 11) is 4.10. The molecule has 1 aromatic rings. The van der Waals surface area contributed by atoms with Crippen LogP contribution in [0.1, 0.15) is 27.7 Å². The quantitative estimate of drug-likeness (QED) is 0.555. The summed E-state index contributed by atoms with van der Waals surface area (Å²) < 4.78 is 0. The molecule has 0 aromatic heterocycles. The number of rotatable bonds is 5. The third-order valence-corrected chi connectivity index (χ3v) is 4.71. The number of benzene rings is 1. The molecule has 146 valence electrons. The van der Waals surface area contributed by atoms with Gasteiger partial charge in [-0.05, 0) is 50.1 Å². The first-order chi connectivity index (χ1) is 12.2. The van der Waals surface area contributed by atoms with E-state index in [9.17, 15) is 0 Å². The lowest BCUT2D eigenvalue weighted by Gasteiger charge is -2.38. The number of aliphatic imine (C=N–C) groups is 1. The number of nitrogens with zero attached hydrogens (tertiary/aromatic N) is 3. The molecule has 2 rings (SSSR count). The maximum absolute atomic E-state index is 5.89. The monoisotopic (exact) mass is 360 g/mol. The molecule has 1 fully saturated rings. The first kappa shape index (κ1) is 20.5. The van der Waals surface area contributed by atoms with Crippen LogP contribution in [0.15, 0.2) is 29.3 Å². The van der Waals surface area contributed by atoms with Crippen LogP contribution in [0.2, 0.25) is 0 Å². The van der Waals surface area contributed by atoms with E-state index >= 15 is 0 Å². The minimum atomic E-state index is -0.00697. The molecule has 1 aliphatic rings. The number of nitrogens with one attached hydrogen (secondary N) is 2. The van der Waals surface area contributed by atoms with E-state index in [4.69, 9.17) is 10.7 Å². The fourth-order valence-electron chi connectivity index (χ4n) is 3.04. The molecule has 6 heteroatoms. The molecule has 6 nitrogen and oxygen atoms in total. The third kappa shape index (κ3) is 5.88. The highest BCUT2D eigenvalue weighted by Gasteiger charge is 2.24. The molecular weight excluding hydrogens is 324 g/mol. The Morgan fingerprint density at radius 1 is 1.23 bits per heavy atom. The van der Waals surface area contributed by atoms with Crippen LogP contribution in [0.4, 0.5) is 11.4 Å². The SMILES string of the molecule is CC1CN(C(=NCC(C)(C)CN)Nc2ccc(N(C)C)cc2)CC(C)N1. The highest BCUT2D eigenvalue weighted by atomic mass is 15.3. The van der Waals surface area contributed by atoms with Gasteiger partial charge in [-0.15, -0.1) is 0 Å². The molecule has 1 saturated heterocycles. The standard InChI is InChI=1S/C20H36N6/c1-15-11-26(12-16(2)23-15)19(22-14-20(3,4)13-21)24-17-7-9-18(10-8-17)25(5)6/h7-10,15-16,23H,11-14,21H2,1-6H3,(H,22,24). The van der Waals surface area contributed by atoms with Crippen molar-refractivity contribution in [1.29, 1.82) is 0 Å². The third-order valence-electron chi connectivity index (χ3n) is 4.71. The Balaban J connectivity index is 2.20. The van der Waals surface area contributed by atoms with Crippen molar-refractivity contribution in [2.24, 2.45) is 16.1 Å². The van der Waals surface area contributed by atoms with Gasteiger partial charge in [0.05, 0.1) is 0 Å². The van der Waals surface area contributed by atoms with E-state index in [-0.39, 0.29) is 5.41 Å². The highest BCUT2D eigenvalue weighted by molar-refractivity contribution is 5.94. The number of nitrogens with two attached hydrogens (primary N) is 1. The van der Waals surface area contributed by atoms with Gasteiger partial charge in [0.2, 0.25) is 0 Å². The number of guanidine groups is 1. The topological polar surface area (TPSA) is 68.9 Å². The zero-order valence-electron chi connectivity index (χ0n) is 17.2. The molecule has 0 spiro atoms. The molecule has 0 radical (unpaired) electrons. The zero-order valence-corrected chi connectivity index (χ0v) is 17.2. The predicted octanol–water partition coefficient (Wildman–Crippen LogP) is 2.19. The van der Waals surface area contributed by atoms with E-state index < -0.39 is 0 Å². The van der Waals surface area contributed by atoms with Gasteiger partial charge in [-0.3, -0.25) is 4.99 Å². The number of hydrogen-bond donors (Lipinski definition) is 3. The Kier molecular flexibility index (Phi) is 6.89. The maximum Gasteiger partial charge on any atom is 0.198 e. The lowest BCUT2D eigenvalue weighted by Crippen LogP contribution is -2.57. The number of hydrogen-bond acceptors (Lipinski definition) is 4. The van der Waals surface area contributed by atoms with Crippen LogP contribution in [0.5, 0.6) is 0 Å². The molecule has 1 aromatic carbocycles. The molecule has 0 bridgehead atoms. The average Bonchev–Trinajstić information content (AvgIpc) is 2.58. The fourth-order valence-corrected chi connectivity index (χ4v) is 3.04. The van der Waals surface area contributed by atoms with Gasteiger partial charge in [0.15, 0.2) is 5.96 Å². The van der Waals surface area contributed by atoms with Crippen LogP contribution in [-0.4, -0.2) is 63.2 Å². The van der Waals surface area contributed by atoms with Gasteiger partial charge < -0.3 is 26.2 Å². The van der Waals surface area contributed by atoms with E-state index in [0.29, 0.717) is 25.2 Å². The molecule has 1 aliphatic heterocycles. The lowest BCUT2D eigenvalue weighted by atomic mass is 9.94. The summed E-state index contributed by atoms with van der Waals surface area (Å²) in [6, 6.07) is 9.32. The minimum Gasteiger partial charge on any atom is -0.378 e. The van der Waals surface area contributed by atoms with Crippen molar-refractivity contribution in [3.63, 3.8) is 0 Å². The van der Waals surface area contributed by atoms with E-state index in [0.717, 1.165) is 24.7 Å². The number of piperazine rings is 1. The van der Waals surface area contributed by atoms with Gasteiger partial charge in [-0.1, -0.05) is 13.8 Å². The Morgan fingerprint density at radius 3 is 2.31 bits per heavy atom. The molecule has 2 unspecified atom stereocenters. The smallest absolute Gasteiger partial charge is 0.198 e. The Hall–Kier alpha value is -1.79. The summed E-state index contributed by atoms with van der Waals surface area (Å²) in [5, 5.41) is 7.12. The summed E-state index contributed by atoms with van der Waals surface area (Å²) in [6.07, 6.45) is 0. The Morgan fingerprint density at radius 2 is 1.81 bits per heavy atom. The Bertz CT molecular complexity index is 583. The minimum absolute atomic E-state index is 0.00697. The second kappa shape index (κ2) is 8.73. The molecule has 1 heterocycles. The fraction of sp³-hybridized carbons (Fsp3) is 0.650. The highest BCUT2D eigenvalue weighted by Crippen LogP contribution is 2.18. The Labute approximate surface area is 158 Å². The molecule has 26 heavy (non-hydrogen) atoms. The van der Waals surface area contributed by atoms with Crippen molar-refractivity contribution in [2.75, 3.05) is 50.5 Å². The number of anilines is 2. The van der Waals surface area contributed by atoms with Crippen LogP contribution < -0.4 is 21.3 Å². The second-order valence-electron chi connectivity index (χ2n) is 8.45. The van der Waals surface area contributed by atoms with Crippen molar-refractivity contribution < 1.29 is 0 Å². The summed E-state index contributed by atoms with van der Waals surface area (Å²) >= 11 is 0. The first-order valence-corrected chi connectivity index (χ1v) is 9.50. The summed E-state index contributed by atoms with van der Waals surface area (Å²) in [5.74, 6) is 0.935. The summed E-state index contributed by atoms with van der Waals surface area (Å²) in [5.41, 5.74) is 8.13. The lowest BCUT2D eigenvalue weighted by molar-refractivity contribution is 0.253. The molecular formula is C20H36N6. The largest absolute Gasteiger partial charge is 0.378 e. The van der Waals surface area contributed by atoms with Gasteiger partial charge in [0, 0.05) is 57.2 Å². The van der Waals surface area contributed by atoms with Gasteiger partial charge in [0.25, 0.3) is 0 Å². The first-order valence-electron chi connectivity index (χ1n) is 9.50. The van der Waals surface area contributed by atoms with Crippen molar-refractivity contribution >= 4 is 17.3 Å². The van der Waals surface area contributed by atoms with Crippen molar-refractivity contribution in [3.8, 4) is 0 Å². The van der Waals surface area contributed by atoms with Gasteiger partial charge >= 0.3 is 0 Å². The molecule has 4 N–H and O–H groups in total. The molecule has 0 saturated carbocycles. The normalized spacial score (nSPS) is 21.7. The van der Waals surface area contributed by atoms with Crippen molar-refractivity contribution in [1.82, 2.24) is 10.2 Å². The van der Waals surface area contributed by atoms with E-state index in [1.165, 1.54) is 5.69 Å². The maximum atomic E-state index is 5.89. The van der Waals surface area contributed by atoms with Gasteiger partial charge in [-0.25, -0.2) is 0 Å². The van der Waals surface area contributed by atoms with Crippen LogP contribution >= 0.6 is 0 Å². The van der Waals surface area contributed by atoms with Crippen LogP contribution in [0, 0.1) is 5.41 Å². The van der Waals surface area contributed by atoms with E-state index in [1.807, 2.05) is 14.1 Å². The van der Waals surface area contributed by atoms with E-state index in [2.05, 4.69) is 72.4 Å².